The zero-order valence-electron chi connectivity index (χ0n) is 14.4. The second-order valence-corrected chi connectivity index (χ2v) is 8.46. The largest absolute Gasteiger partial charge is 0.355 e. The van der Waals surface area contributed by atoms with E-state index in [9.17, 15) is 13.2 Å². The van der Waals surface area contributed by atoms with E-state index in [1.165, 1.54) is 4.31 Å². The SMILES string of the molecule is CN(C)CCNC(=O)CC1CCN(S(=O)(=O)c2ccccc2)CC1. The number of hydrogen-bond donors (Lipinski definition) is 1. The van der Waals surface area contributed by atoms with Crippen molar-refractivity contribution in [2.45, 2.75) is 24.2 Å². The number of carbonyl (C=O) groups is 1. The van der Waals surface area contributed by atoms with Gasteiger partial charge in [0.1, 0.15) is 0 Å². The number of carbonyl (C=O) groups excluding carboxylic acids is 1. The zero-order valence-corrected chi connectivity index (χ0v) is 15.3. The molecular formula is C17H27N3O3S. The summed E-state index contributed by atoms with van der Waals surface area (Å²) in [5.74, 6) is 0.313. The van der Waals surface area contributed by atoms with Crippen molar-refractivity contribution >= 4 is 15.9 Å². The fraction of sp³-hybridized carbons (Fsp3) is 0.588. The van der Waals surface area contributed by atoms with E-state index in [0.29, 0.717) is 31.0 Å². The third-order valence-electron chi connectivity index (χ3n) is 4.31. The molecule has 0 aliphatic carbocycles. The molecule has 0 atom stereocenters. The molecule has 7 heteroatoms. The number of benzene rings is 1. The Labute approximate surface area is 144 Å². The number of piperidine rings is 1. The van der Waals surface area contributed by atoms with E-state index in [4.69, 9.17) is 0 Å². The molecule has 1 aliphatic rings. The Balaban J connectivity index is 1.80. The topological polar surface area (TPSA) is 69.7 Å². The molecule has 6 nitrogen and oxygen atoms in total. The molecule has 24 heavy (non-hydrogen) atoms. The molecule has 134 valence electrons. The van der Waals surface area contributed by atoms with Crippen molar-refractivity contribution < 1.29 is 13.2 Å². The molecule has 1 aromatic carbocycles. The van der Waals surface area contributed by atoms with Crippen LogP contribution in [0.3, 0.4) is 0 Å². The molecule has 0 bridgehead atoms. The molecule has 1 aliphatic heterocycles. The van der Waals surface area contributed by atoms with Crippen LogP contribution in [-0.4, -0.2) is 63.8 Å². The number of likely N-dealkylation sites (N-methyl/N-ethyl adjacent to an activating group) is 1. The summed E-state index contributed by atoms with van der Waals surface area (Å²) in [6.07, 6.45) is 1.94. The van der Waals surface area contributed by atoms with E-state index in [1.807, 2.05) is 19.0 Å². The van der Waals surface area contributed by atoms with Crippen LogP contribution in [0.5, 0.6) is 0 Å². The lowest BCUT2D eigenvalue weighted by Crippen LogP contribution is -2.40. The van der Waals surface area contributed by atoms with Gasteiger partial charge in [-0.2, -0.15) is 4.31 Å². The van der Waals surface area contributed by atoms with Gasteiger partial charge in [-0.15, -0.1) is 0 Å². The normalized spacial score (nSPS) is 17.1. The van der Waals surface area contributed by atoms with Crippen LogP contribution in [-0.2, 0) is 14.8 Å². The first-order valence-electron chi connectivity index (χ1n) is 8.36. The molecule has 1 amide bonds. The van der Waals surface area contributed by atoms with Crippen molar-refractivity contribution in [1.82, 2.24) is 14.5 Å². The third kappa shape index (κ3) is 5.29. The first-order chi connectivity index (χ1) is 11.4. The van der Waals surface area contributed by atoms with Gasteiger partial charge in [0.2, 0.25) is 15.9 Å². The summed E-state index contributed by atoms with van der Waals surface area (Å²) < 4.78 is 26.7. The summed E-state index contributed by atoms with van der Waals surface area (Å²) in [5.41, 5.74) is 0. The van der Waals surface area contributed by atoms with Crippen molar-refractivity contribution in [1.29, 1.82) is 0 Å². The molecule has 1 N–H and O–H groups in total. The van der Waals surface area contributed by atoms with Crippen LogP contribution < -0.4 is 5.32 Å². The second kappa shape index (κ2) is 8.60. The molecule has 2 rings (SSSR count). The number of nitrogens with zero attached hydrogens (tertiary/aromatic N) is 2. The maximum absolute atomic E-state index is 12.6. The van der Waals surface area contributed by atoms with Crippen molar-refractivity contribution in [3.63, 3.8) is 0 Å². The van der Waals surface area contributed by atoms with Gasteiger partial charge in [-0.05, 0) is 45.0 Å². The van der Waals surface area contributed by atoms with E-state index in [2.05, 4.69) is 5.32 Å². The average Bonchev–Trinajstić information content (AvgIpc) is 2.56. The van der Waals surface area contributed by atoms with E-state index in [0.717, 1.165) is 19.4 Å². The summed E-state index contributed by atoms with van der Waals surface area (Å²) in [6, 6.07) is 8.52. The number of nitrogens with one attached hydrogen (secondary N) is 1. The van der Waals surface area contributed by atoms with Gasteiger partial charge >= 0.3 is 0 Å². The summed E-state index contributed by atoms with van der Waals surface area (Å²) in [6.45, 7) is 2.42. The fourth-order valence-electron chi connectivity index (χ4n) is 2.85. The Hall–Kier alpha value is -1.44. The number of sulfonamides is 1. The number of amides is 1. The van der Waals surface area contributed by atoms with Gasteiger partial charge in [0.15, 0.2) is 0 Å². The van der Waals surface area contributed by atoms with E-state index in [1.54, 1.807) is 30.3 Å². The molecule has 1 aromatic rings. The Morgan fingerprint density at radius 3 is 2.42 bits per heavy atom. The Bertz CT molecular complexity index is 624. The van der Waals surface area contributed by atoms with Gasteiger partial charge in [0.05, 0.1) is 4.90 Å². The Kier molecular flexibility index (Phi) is 6.77. The predicted molar refractivity (Wildman–Crippen MR) is 94.1 cm³/mol. The van der Waals surface area contributed by atoms with Gasteiger partial charge in [-0.1, -0.05) is 18.2 Å². The first-order valence-corrected chi connectivity index (χ1v) is 9.80. The number of hydrogen-bond acceptors (Lipinski definition) is 4. The lowest BCUT2D eigenvalue weighted by Gasteiger charge is -2.31. The van der Waals surface area contributed by atoms with Crippen LogP contribution >= 0.6 is 0 Å². The Morgan fingerprint density at radius 2 is 1.83 bits per heavy atom. The standard InChI is InChI=1S/C17H27N3O3S/c1-19(2)13-10-18-17(21)14-15-8-11-20(12-9-15)24(22,23)16-6-4-3-5-7-16/h3-7,15H,8-14H2,1-2H3,(H,18,21). The summed E-state index contributed by atoms with van der Waals surface area (Å²) in [5, 5.41) is 2.92. The quantitative estimate of drug-likeness (QED) is 0.798. The molecule has 0 saturated carbocycles. The van der Waals surface area contributed by atoms with Crippen LogP contribution in [0.15, 0.2) is 35.2 Å². The highest BCUT2D eigenvalue weighted by molar-refractivity contribution is 7.89. The summed E-state index contributed by atoms with van der Waals surface area (Å²) >= 11 is 0. The smallest absolute Gasteiger partial charge is 0.243 e. The fourth-order valence-corrected chi connectivity index (χ4v) is 4.34. The van der Waals surface area contributed by atoms with Crippen LogP contribution in [0.1, 0.15) is 19.3 Å². The predicted octanol–water partition coefficient (Wildman–Crippen LogP) is 1.16. The summed E-state index contributed by atoms with van der Waals surface area (Å²) in [4.78, 5) is 14.3. The van der Waals surface area contributed by atoms with Gasteiger partial charge in [0.25, 0.3) is 0 Å². The van der Waals surface area contributed by atoms with E-state index >= 15 is 0 Å². The third-order valence-corrected chi connectivity index (χ3v) is 6.22. The zero-order chi connectivity index (χ0) is 17.6. The molecule has 0 unspecified atom stereocenters. The van der Waals surface area contributed by atoms with Crippen molar-refractivity contribution in [2.24, 2.45) is 5.92 Å². The van der Waals surface area contributed by atoms with E-state index < -0.39 is 10.0 Å². The monoisotopic (exact) mass is 353 g/mol. The van der Waals surface area contributed by atoms with Gasteiger partial charge in [-0.25, -0.2) is 8.42 Å². The molecule has 0 aromatic heterocycles. The van der Waals surface area contributed by atoms with Gasteiger partial charge in [-0.3, -0.25) is 4.79 Å². The lowest BCUT2D eigenvalue weighted by atomic mass is 9.94. The summed E-state index contributed by atoms with van der Waals surface area (Å²) in [7, 11) is 0.524. The number of rotatable bonds is 7. The maximum atomic E-state index is 12.6. The lowest BCUT2D eigenvalue weighted by molar-refractivity contribution is -0.122. The highest BCUT2D eigenvalue weighted by Crippen LogP contribution is 2.25. The molecule has 0 radical (unpaired) electrons. The molecule has 1 saturated heterocycles. The van der Waals surface area contributed by atoms with Crippen molar-refractivity contribution in [3.05, 3.63) is 30.3 Å². The van der Waals surface area contributed by atoms with Crippen LogP contribution in [0.2, 0.25) is 0 Å². The highest BCUT2D eigenvalue weighted by atomic mass is 32.2. The van der Waals surface area contributed by atoms with Crippen molar-refractivity contribution in [2.75, 3.05) is 40.3 Å². The molecule has 1 heterocycles. The highest BCUT2D eigenvalue weighted by Gasteiger charge is 2.29. The average molecular weight is 353 g/mol. The minimum absolute atomic E-state index is 0.0567. The first kappa shape index (κ1) is 18.9. The molecule has 0 spiro atoms. The van der Waals surface area contributed by atoms with Gasteiger partial charge in [0, 0.05) is 32.6 Å². The van der Waals surface area contributed by atoms with Crippen molar-refractivity contribution in [3.8, 4) is 0 Å². The minimum atomic E-state index is -3.41. The van der Waals surface area contributed by atoms with Crippen LogP contribution in [0, 0.1) is 5.92 Å². The molecule has 1 fully saturated rings. The maximum Gasteiger partial charge on any atom is 0.243 e. The van der Waals surface area contributed by atoms with Crippen LogP contribution in [0.25, 0.3) is 0 Å². The second-order valence-electron chi connectivity index (χ2n) is 6.52. The Morgan fingerprint density at radius 1 is 1.21 bits per heavy atom. The van der Waals surface area contributed by atoms with Gasteiger partial charge < -0.3 is 10.2 Å². The minimum Gasteiger partial charge on any atom is -0.355 e. The molecular weight excluding hydrogens is 326 g/mol. The van der Waals surface area contributed by atoms with Crippen LogP contribution in [0.4, 0.5) is 0 Å². The van der Waals surface area contributed by atoms with E-state index in [-0.39, 0.29) is 11.8 Å².